The second-order valence-corrected chi connectivity index (χ2v) is 7.54. The number of hydrogen-bond acceptors (Lipinski definition) is 3. The molecule has 26 heavy (non-hydrogen) atoms. The number of fused-ring (bicyclic) bond motifs is 1. The SMILES string of the molecule is O=C(CN1CCN(Cc2cccc(Cl)c2)CC1)N1CCc2ccccc21. The molecule has 2 aliphatic rings. The Morgan fingerprint density at radius 2 is 1.69 bits per heavy atom. The maximum Gasteiger partial charge on any atom is 0.241 e. The van der Waals surface area contributed by atoms with Gasteiger partial charge in [0.15, 0.2) is 0 Å². The molecule has 4 rings (SSSR count). The van der Waals surface area contributed by atoms with Gasteiger partial charge in [0, 0.05) is 50.0 Å². The fourth-order valence-corrected chi connectivity index (χ4v) is 4.09. The van der Waals surface area contributed by atoms with E-state index in [9.17, 15) is 4.79 Å². The third kappa shape index (κ3) is 3.93. The zero-order valence-electron chi connectivity index (χ0n) is 14.9. The van der Waals surface area contributed by atoms with Crippen molar-refractivity contribution in [3.05, 3.63) is 64.7 Å². The summed E-state index contributed by atoms with van der Waals surface area (Å²) in [5.74, 6) is 0.221. The number of carbonyl (C=O) groups excluding carboxylic acids is 1. The number of rotatable bonds is 4. The largest absolute Gasteiger partial charge is 0.311 e. The molecule has 5 heteroatoms. The van der Waals surface area contributed by atoms with Crippen LogP contribution in [0.25, 0.3) is 0 Å². The fraction of sp³-hybridized carbons (Fsp3) is 0.381. The lowest BCUT2D eigenvalue weighted by molar-refractivity contribution is -0.120. The van der Waals surface area contributed by atoms with E-state index in [1.54, 1.807) is 0 Å². The van der Waals surface area contributed by atoms with Crippen molar-refractivity contribution in [2.24, 2.45) is 0 Å². The smallest absolute Gasteiger partial charge is 0.241 e. The third-order valence-corrected chi connectivity index (χ3v) is 5.54. The zero-order valence-corrected chi connectivity index (χ0v) is 15.7. The van der Waals surface area contributed by atoms with E-state index >= 15 is 0 Å². The lowest BCUT2D eigenvalue weighted by Crippen LogP contribution is -2.49. The van der Waals surface area contributed by atoms with Crippen molar-refractivity contribution in [3.8, 4) is 0 Å². The monoisotopic (exact) mass is 369 g/mol. The maximum absolute atomic E-state index is 12.7. The molecule has 1 fully saturated rings. The summed E-state index contributed by atoms with van der Waals surface area (Å²) in [5.41, 5.74) is 3.62. The summed E-state index contributed by atoms with van der Waals surface area (Å²) >= 11 is 6.07. The Kier molecular flexibility index (Phi) is 5.25. The summed E-state index contributed by atoms with van der Waals surface area (Å²) in [6.07, 6.45) is 0.968. The molecule has 4 nitrogen and oxygen atoms in total. The van der Waals surface area contributed by atoms with E-state index in [0.717, 1.165) is 56.4 Å². The summed E-state index contributed by atoms with van der Waals surface area (Å²) in [6, 6.07) is 16.3. The molecule has 0 spiro atoms. The number of benzene rings is 2. The van der Waals surface area contributed by atoms with Gasteiger partial charge in [0.25, 0.3) is 0 Å². The van der Waals surface area contributed by atoms with Crippen LogP contribution in [0.4, 0.5) is 5.69 Å². The summed E-state index contributed by atoms with van der Waals surface area (Å²) < 4.78 is 0. The predicted octanol–water partition coefficient (Wildman–Crippen LogP) is 3.05. The van der Waals surface area contributed by atoms with Crippen molar-refractivity contribution >= 4 is 23.2 Å². The van der Waals surface area contributed by atoms with Crippen LogP contribution in [0.5, 0.6) is 0 Å². The van der Waals surface area contributed by atoms with Crippen LogP contribution in [0, 0.1) is 0 Å². The summed E-state index contributed by atoms with van der Waals surface area (Å²) in [4.78, 5) is 19.4. The minimum absolute atomic E-state index is 0.221. The molecule has 1 amide bonds. The highest BCUT2D eigenvalue weighted by atomic mass is 35.5. The minimum atomic E-state index is 0.221. The van der Waals surface area contributed by atoms with Gasteiger partial charge in [-0.3, -0.25) is 14.6 Å². The molecule has 0 bridgehead atoms. The van der Waals surface area contributed by atoms with Crippen molar-refractivity contribution < 1.29 is 4.79 Å². The first-order valence-electron chi connectivity index (χ1n) is 9.26. The van der Waals surface area contributed by atoms with Crippen molar-refractivity contribution in [2.45, 2.75) is 13.0 Å². The fourth-order valence-electron chi connectivity index (χ4n) is 3.87. The summed E-state index contributed by atoms with van der Waals surface area (Å²) in [7, 11) is 0. The molecule has 0 atom stereocenters. The Morgan fingerprint density at radius 3 is 2.50 bits per heavy atom. The van der Waals surface area contributed by atoms with E-state index < -0.39 is 0 Å². The molecule has 2 aromatic carbocycles. The maximum atomic E-state index is 12.7. The van der Waals surface area contributed by atoms with Gasteiger partial charge in [0.05, 0.1) is 6.54 Å². The van der Waals surface area contributed by atoms with Crippen LogP contribution < -0.4 is 4.90 Å². The van der Waals surface area contributed by atoms with Crippen molar-refractivity contribution in [1.29, 1.82) is 0 Å². The van der Waals surface area contributed by atoms with Gasteiger partial charge in [-0.15, -0.1) is 0 Å². The van der Waals surface area contributed by atoms with Gasteiger partial charge in [0.1, 0.15) is 0 Å². The highest BCUT2D eigenvalue weighted by Crippen LogP contribution is 2.27. The lowest BCUT2D eigenvalue weighted by atomic mass is 10.2. The van der Waals surface area contributed by atoms with E-state index in [-0.39, 0.29) is 5.91 Å². The second kappa shape index (κ2) is 7.78. The van der Waals surface area contributed by atoms with E-state index in [1.807, 2.05) is 35.2 Å². The average Bonchev–Trinajstić information content (AvgIpc) is 3.08. The van der Waals surface area contributed by atoms with Crippen molar-refractivity contribution in [2.75, 3.05) is 44.2 Å². The number of amides is 1. The van der Waals surface area contributed by atoms with Crippen molar-refractivity contribution in [1.82, 2.24) is 9.80 Å². The van der Waals surface area contributed by atoms with Gasteiger partial charge in [-0.1, -0.05) is 41.9 Å². The van der Waals surface area contributed by atoms with Crippen LogP contribution >= 0.6 is 11.6 Å². The molecule has 0 radical (unpaired) electrons. The molecule has 0 aliphatic carbocycles. The number of carbonyl (C=O) groups is 1. The average molecular weight is 370 g/mol. The minimum Gasteiger partial charge on any atom is -0.311 e. The van der Waals surface area contributed by atoms with Crippen LogP contribution in [0.1, 0.15) is 11.1 Å². The number of piperazine rings is 1. The third-order valence-electron chi connectivity index (χ3n) is 5.31. The molecule has 0 aromatic heterocycles. The van der Waals surface area contributed by atoms with Crippen LogP contribution in [-0.2, 0) is 17.8 Å². The molecule has 2 aromatic rings. The Labute approximate surface area is 160 Å². The van der Waals surface area contributed by atoms with E-state index in [1.165, 1.54) is 11.1 Å². The predicted molar refractivity (Wildman–Crippen MR) is 106 cm³/mol. The van der Waals surface area contributed by atoms with Crippen LogP contribution in [-0.4, -0.2) is 55.0 Å². The lowest BCUT2D eigenvalue weighted by Gasteiger charge is -2.35. The number of halogens is 1. The Bertz CT molecular complexity index is 786. The molecule has 0 N–H and O–H groups in total. The first-order valence-corrected chi connectivity index (χ1v) is 9.64. The highest BCUT2D eigenvalue weighted by molar-refractivity contribution is 6.30. The number of para-hydroxylation sites is 1. The van der Waals surface area contributed by atoms with Crippen LogP contribution in [0.3, 0.4) is 0 Å². The van der Waals surface area contributed by atoms with Crippen molar-refractivity contribution in [3.63, 3.8) is 0 Å². The van der Waals surface area contributed by atoms with Gasteiger partial charge in [-0.25, -0.2) is 0 Å². The molecule has 2 heterocycles. The first-order chi connectivity index (χ1) is 12.7. The summed E-state index contributed by atoms with van der Waals surface area (Å²) in [6.45, 7) is 6.07. The van der Waals surface area contributed by atoms with Gasteiger partial charge >= 0.3 is 0 Å². The normalized spacial score (nSPS) is 18.1. The van der Waals surface area contributed by atoms with Crippen LogP contribution in [0.15, 0.2) is 48.5 Å². The molecule has 0 saturated carbocycles. The zero-order chi connectivity index (χ0) is 17.9. The highest BCUT2D eigenvalue weighted by Gasteiger charge is 2.26. The quantitative estimate of drug-likeness (QED) is 0.828. The van der Waals surface area contributed by atoms with Gasteiger partial charge in [-0.2, -0.15) is 0 Å². The molecule has 136 valence electrons. The van der Waals surface area contributed by atoms with E-state index in [4.69, 9.17) is 11.6 Å². The Hall–Kier alpha value is -1.88. The summed E-state index contributed by atoms with van der Waals surface area (Å²) in [5, 5.41) is 0.789. The number of nitrogens with zero attached hydrogens (tertiary/aromatic N) is 3. The second-order valence-electron chi connectivity index (χ2n) is 7.11. The Morgan fingerprint density at radius 1 is 0.923 bits per heavy atom. The first kappa shape index (κ1) is 17.5. The number of hydrogen-bond donors (Lipinski definition) is 0. The molecule has 0 unspecified atom stereocenters. The molecule has 2 aliphatic heterocycles. The molecular formula is C21H24ClN3O. The topological polar surface area (TPSA) is 26.8 Å². The molecular weight excluding hydrogens is 346 g/mol. The number of anilines is 1. The Balaban J connectivity index is 1.28. The van der Waals surface area contributed by atoms with Gasteiger partial charge in [-0.05, 0) is 35.7 Å². The van der Waals surface area contributed by atoms with Gasteiger partial charge < -0.3 is 4.90 Å². The van der Waals surface area contributed by atoms with Crippen LogP contribution in [0.2, 0.25) is 5.02 Å². The van der Waals surface area contributed by atoms with E-state index in [0.29, 0.717) is 6.54 Å². The van der Waals surface area contributed by atoms with E-state index in [2.05, 4.69) is 28.0 Å². The molecule has 1 saturated heterocycles. The van der Waals surface area contributed by atoms with Gasteiger partial charge in [0.2, 0.25) is 5.91 Å². The standard InChI is InChI=1S/C21H24ClN3O/c22-19-6-3-4-17(14-19)15-23-10-12-24(13-11-23)16-21(26)25-9-8-18-5-1-2-7-20(18)25/h1-7,14H,8-13,15-16H2.